The highest BCUT2D eigenvalue weighted by molar-refractivity contribution is 7.89. The molecule has 0 radical (unpaired) electrons. The van der Waals surface area contributed by atoms with Gasteiger partial charge in [-0.05, 0) is 41.8 Å². The van der Waals surface area contributed by atoms with Gasteiger partial charge in [-0.3, -0.25) is 14.9 Å². The minimum absolute atomic E-state index is 0.0203. The van der Waals surface area contributed by atoms with Crippen LogP contribution in [0.25, 0.3) is 0 Å². The van der Waals surface area contributed by atoms with Crippen molar-refractivity contribution < 1.29 is 27.9 Å². The molecular formula is C23H30ClN3O6S. The number of nitrogens with one attached hydrogen (secondary N) is 1. The number of hydrogen-bond donors (Lipinski definition) is 2. The monoisotopic (exact) mass is 511 g/mol. The zero-order valence-corrected chi connectivity index (χ0v) is 20.4. The second kappa shape index (κ2) is 13.0. The highest BCUT2D eigenvalue weighted by atomic mass is 35.5. The van der Waals surface area contributed by atoms with Crippen molar-refractivity contribution in [3.8, 4) is 5.75 Å². The van der Waals surface area contributed by atoms with E-state index in [0.29, 0.717) is 24.7 Å². The first-order chi connectivity index (χ1) is 16.4. The summed E-state index contributed by atoms with van der Waals surface area (Å²) in [6.45, 7) is 3.86. The van der Waals surface area contributed by atoms with E-state index in [9.17, 15) is 13.2 Å². The van der Waals surface area contributed by atoms with Gasteiger partial charge in [-0.15, -0.1) is 11.6 Å². The van der Waals surface area contributed by atoms with E-state index in [1.165, 1.54) is 17.6 Å². The molecule has 2 N–H and O–H groups in total. The second-order valence-electron chi connectivity index (χ2n) is 7.88. The van der Waals surface area contributed by atoms with Crippen molar-refractivity contribution in [2.24, 2.45) is 0 Å². The lowest BCUT2D eigenvalue weighted by Gasteiger charge is -2.26. The molecule has 0 aromatic heterocycles. The van der Waals surface area contributed by atoms with Gasteiger partial charge in [-0.1, -0.05) is 24.3 Å². The van der Waals surface area contributed by atoms with Gasteiger partial charge in [-0.2, -0.15) is 4.31 Å². The maximum absolute atomic E-state index is 13.3. The smallest absolute Gasteiger partial charge is 0.258 e. The van der Waals surface area contributed by atoms with Crippen molar-refractivity contribution in [2.75, 3.05) is 45.3 Å². The Balaban J connectivity index is 1.72. The maximum Gasteiger partial charge on any atom is 0.258 e. The summed E-state index contributed by atoms with van der Waals surface area (Å²) < 4.78 is 38.5. The van der Waals surface area contributed by atoms with Crippen LogP contribution in [-0.2, 0) is 32.6 Å². The third kappa shape index (κ3) is 7.66. The van der Waals surface area contributed by atoms with E-state index in [1.807, 2.05) is 24.3 Å². The first kappa shape index (κ1) is 26.4. The Morgan fingerprint density at radius 2 is 1.74 bits per heavy atom. The van der Waals surface area contributed by atoms with Crippen molar-refractivity contribution in [3.63, 3.8) is 0 Å². The summed E-state index contributed by atoms with van der Waals surface area (Å²) in [6.07, 6.45) is 0.677. The van der Waals surface area contributed by atoms with Gasteiger partial charge < -0.3 is 9.47 Å². The molecule has 1 aliphatic heterocycles. The molecule has 11 heteroatoms. The van der Waals surface area contributed by atoms with Crippen LogP contribution in [0, 0.1) is 0 Å². The molecule has 186 valence electrons. The summed E-state index contributed by atoms with van der Waals surface area (Å²) in [5.74, 6) is 0.177. The molecule has 0 spiro atoms. The normalized spacial score (nSPS) is 14.8. The van der Waals surface area contributed by atoms with Crippen LogP contribution in [0.3, 0.4) is 0 Å². The quantitative estimate of drug-likeness (QED) is 0.195. The number of ether oxygens (including phenoxy) is 2. The van der Waals surface area contributed by atoms with E-state index in [-0.39, 0.29) is 11.4 Å². The van der Waals surface area contributed by atoms with E-state index < -0.39 is 22.5 Å². The van der Waals surface area contributed by atoms with Gasteiger partial charge in [0.1, 0.15) is 5.75 Å². The molecule has 0 aliphatic carbocycles. The Morgan fingerprint density at radius 1 is 1.09 bits per heavy atom. The Bertz CT molecular complexity index is 1010. The van der Waals surface area contributed by atoms with Crippen molar-refractivity contribution >= 4 is 27.5 Å². The number of halogens is 1. The number of rotatable bonds is 12. The Hall–Kier alpha value is -2.21. The predicted octanol–water partition coefficient (Wildman–Crippen LogP) is 2.22. The SMILES string of the molecule is O=C(CN(Cc1ccc(CN2CCOCC2)cc1)S(=O)(=O)c1ccc(OCCCCl)cc1)NO. The molecule has 0 unspecified atom stereocenters. The molecule has 0 atom stereocenters. The van der Waals surface area contributed by atoms with Gasteiger partial charge in [0.05, 0.1) is 31.3 Å². The third-order valence-electron chi connectivity index (χ3n) is 5.34. The van der Waals surface area contributed by atoms with Gasteiger partial charge in [0.15, 0.2) is 0 Å². The minimum atomic E-state index is -4.02. The van der Waals surface area contributed by atoms with Crippen molar-refractivity contribution in [1.82, 2.24) is 14.7 Å². The molecule has 2 aromatic rings. The van der Waals surface area contributed by atoms with Crippen LogP contribution < -0.4 is 10.2 Å². The first-order valence-electron chi connectivity index (χ1n) is 11.0. The molecule has 34 heavy (non-hydrogen) atoms. The molecule has 3 rings (SSSR count). The van der Waals surface area contributed by atoms with Gasteiger partial charge >= 0.3 is 0 Å². The molecular weight excluding hydrogens is 482 g/mol. The van der Waals surface area contributed by atoms with Crippen LogP contribution >= 0.6 is 11.6 Å². The number of carbonyl (C=O) groups excluding carboxylic acids is 1. The van der Waals surface area contributed by atoms with Crippen LogP contribution in [0.5, 0.6) is 5.75 Å². The van der Waals surface area contributed by atoms with Crippen LogP contribution in [-0.4, -0.2) is 74.1 Å². The summed E-state index contributed by atoms with van der Waals surface area (Å²) in [6, 6.07) is 13.6. The van der Waals surface area contributed by atoms with Crippen molar-refractivity contribution in [2.45, 2.75) is 24.4 Å². The lowest BCUT2D eigenvalue weighted by Crippen LogP contribution is -2.39. The molecule has 1 aliphatic rings. The van der Waals surface area contributed by atoms with Crippen LogP contribution in [0.4, 0.5) is 0 Å². The van der Waals surface area contributed by atoms with Gasteiger partial charge in [-0.25, -0.2) is 13.9 Å². The number of benzene rings is 2. The molecule has 0 saturated carbocycles. The Morgan fingerprint density at radius 3 is 2.35 bits per heavy atom. The number of morpholine rings is 1. The number of hydroxylamine groups is 1. The van der Waals surface area contributed by atoms with Gasteiger partial charge in [0.2, 0.25) is 10.0 Å². The van der Waals surface area contributed by atoms with E-state index in [4.69, 9.17) is 26.3 Å². The Labute approximate surface area is 205 Å². The van der Waals surface area contributed by atoms with Crippen molar-refractivity contribution in [1.29, 1.82) is 0 Å². The lowest BCUT2D eigenvalue weighted by molar-refractivity contribution is -0.129. The van der Waals surface area contributed by atoms with E-state index >= 15 is 0 Å². The number of nitrogens with zero attached hydrogens (tertiary/aromatic N) is 2. The summed E-state index contributed by atoms with van der Waals surface area (Å²) in [7, 11) is -4.02. The number of sulfonamides is 1. The van der Waals surface area contributed by atoms with Crippen molar-refractivity contribution in [3.05, 3.63) is 59.7 Å². The fourth-order valence-electron chi connectivity index (χ4n) is 3.49. The van der Waals surface area contributed by atoms with Gasteiger partial charge in [0.25, 0.3) is 5.91 Å². The topological polar surface area (TPSA) is 108 Å². The second-order valence-corrected chi connectivity index (χ2v) is 10.2. The fourth-order valence-corrected chi connectivity index (χ4v) is 4.99. The number of hydrogen-bond acceptors (Lipinski definition) is 7. The molecule has 0 bridgehead atoms. The number of alkyl halides is 1. The third-order valence-corrected chi connectivity index (χ3v) is 7.42. The summed E-state index contributed by atoms with van der Waals surface area (Å²) >= 11 is 5.64. The molecule has 1 saturated heterocycles. The first-order valence-corrected chi connectivity index (χ1v) is 13.0. The van der Waals surface area contributed by atoms with E-state index in [2.05, 4.69) is 4.90 Å². The summed E-state index contributed by atoms with van der Waals surface area (Å²) in [5.41, 5.74) is 3.34. The van der Waals surface area contributed by atoms with Crippen LogP contribution in [0.1, 0.15) is 17.5 Å². The van der Waals surface area contributed by atoms with Crippen LogP contribution in [0.2, 0.25) is 0 Å². The predicted molar refractivity (Wildman–Crippen MR) is 127 cm³/mol. The van der Waals surface area contributed by atoms with Crippen LogP contribution in [0.15, 0.2) is 53.4 Å². The molecule has 2 aromatic carbocycles. The Kier molecular flexibility index (Phi) is 10.1. The standard InChI is InChI=1S/C23H30ClN3O6S/c24-10-1-13-33-21-6-8-22(9-7-21)34(30,31)27(18-23(28)25-29)17-20-4-2-19(3-5-20)16-26-11-14-32-15-12-26/h2-9,29H,1,10-18H2,(H,25,28). The average molecular weight is 512 g/mol. The fraction of sp³-hybridized carbons (Fsp3) is 0.435. The average Bonchev–Trinajstić information content (AvgIpc) is 2.86. The van der Waals surface area contributed by atoms with E-state index in [1.54, 1.807) is 12.1 Å². The minimum Gasteiger partial charge on any atom is -0.494 e. The summed E-state index contributed by atoms with van der Waals surface area (Å²) in [5, 5.41) is 8.96. The van der Waals surface area contributed by atoms with E-state index in [0.717, 1.165) is 48.3 Å². The summed E-state index contributed by atoms with van der Waals surface area (Å²) in [4.78, 5) is 14.2. The molecule has 1 heterocycles. The highest BCUT2D eigenvalue weighted by Crippen LogP contribution is 2.22. The lowest BCUT2D eigenvalue weighted by atomic mass is 10.1. The zero-order chi connectivity index (χ0) is 24.4. The zero-order valence-electron chi connectivity index (χ0n) is 18.9. The van der Waals surface area contributed by atoms with Gasteiger partial charge in [0, 0.05) is 32.1 Å². The maximum atomic E-state index is 13.3. The number of carbonyl (C=O) groups is 1. The molecule has 9 nitrogen and oxygen atoms in total. The molecule has 1 fully saturated rings. The molecule has 1 amide bonds. The highest BCUT2D eigenvalue weighted by Gasteiger charge is 2.27. The number of amides is 1. The largest absolute Gasteiger partial charge is 0.494 e.